The third-order valence-corrected chi connectivity index (χ3v) is 3.68. The zero-order valence-electron chi connectivity index (χ0n) is 10.7. The predicted octanol–water partition coefficient (Wildman–Crippen LogP) is 2.69. The van der Waals surface area contributed by atoms with Gasteiger partial charge in [0.15, 0.2) is 0 Å². The predicted molar refractivity (Wildman–Crippen MR) is 70.5 cm³/mol. The van der Waals surface area contributed by atoms with Gasteiger partial charge in [-0.15, -0.1) is 0 Å². The van der Waals surface area contributed by atoms with Crippen molar-refractivity contribution in [2.45, 2.75) is 32.6 Å². The first-order valence-corrected chi connectivity index (χ1v) is 6.56. The van der Waals surface area contributed by atoms with Crippen LogP contribution in [0.4, 0.5) is 5.82 Å². The Balaban J connectivity index is 1.91. The number of nitrogens with one attached hydrogen (secondary N) is 1. The number of nitrogens with zero attached hydrogens (tertiary/aromatic N) is 1. The van der Waals surface area contributed by atoms with Crippen molar-refractivity contribution in [1.29, 1.82) is 0 Å². The number of aromatic nitrogens is 1. The number of carboxylic acid groups (broad SMARTS) is 1. The summed E-state index contributed by atoms with van der Waals surface area (Å²) in [6, 6.07) is 3.94. The maximum absolute atomic E-state index is 11.2. The molecule has 1 aromatic heterocycles. The Morgan fingerprint density at radius 1 is 1.44 bits per heavy atom. The first kappa shape index (κ1) is 12.9. The van der Waals surface area contributed by atoms with E-state index in [-0.39, 0.29) is 11.8 Å². The molecule has 0 radical (unpaired) electrons. The molecule has 2 N–H and O–H groups in total. The van der Waals surface area contributed by atoms with E-state index in [1.54, 1.807) is 0 Å². The summed E-state index contributed by atoms with van der Waals surface area (Å²) >= 11 is 0. The molecular formula is C14H20N2O2. The number of carbonyl (C=O) groups is 1. The van der Waals surface area contributed by atoms with Crippen LogP contribution in [0.25, 0.3) is 0 Å². The maximum atomic E-state index is 11.2. The Morgan fingerprint density at radius 3 is 2.89 bits per heavy atom. The fraction of sp³-hybridized carbons (Fsp3) is 0.571. The van der Waals surface area contributed by atoms with Gasteiger partial charge >= 0.3 is 5.97 Å². The molecule has 2 atom stereocenters. The van der Waals surface area contributed by atoms with Gasteiger partial charge in [0.1, 0.15) is 5.82 Å². The first-order chi connectivity index (χ1) is 8.66. The van der Waals surface area contributed by atoms with Gasteiger partial charge in [0.25, 0.3) is 0 Å². The van der Waals surface area contributed by atoms with E-state index in [0.717, 1.165) is 37.1 Å². The summed E-state index contributed by atoms with van der Waals surface area (Å²) in [6.45, 7) is 2.70. The maximum Gasteiger partial charge on any atom is 0.306 e. The van der Waals surface area contributed by atoms with Crippen LogP contribution in [0.15, 0.2) is 18.3 Å². The monoisotopic (exact) mass is 248 g/mol. The van der Waals surface area contributed by atoms with Crippen LogP contribution < -0.4 is 5.32 Å². The van der Waals surface area contributed by atoms with E-state index >= 15 is 0 Å². The third-order valence-electron chi connectivity index (χ3n) is 3.68. The highest BCUT2D eigenvalue weighted by Gasteiger charge is 2.30. The summed E-state index contributed by atoms with van der Waals surface area (Å²) in [4.78, 5) is 15.5. The number of anilines is 1. The summed E-state index contributed by atoms with van der Waals surface area (Å²) in [5.74, 6) is 0.199. The molecule has 1 aromatic rings. The van der Waals surface area contributed by atoms with Crippen molar-refractivity contribution in [2.75, 3.05) is 11.9 Å². The second-order valence-electron chi connectivity index (χ2n) is 5.09. The molecule has 4 heteroatoms. The van der Waals surface area contributed by atoms with Crippen molar-refractivity contribution in [3.05, 3.63) is 23.9 Å². The highest BCUT2D eigenvalue weighted by Crippen LogP contribution is 2.30. The Bertz CT molecular complexity index is 403. The minimum atomic E-state index is -0.654. The van der Waals surface area contributed by atoms with Gasteiger partial charge in [0.05, 0.1) is 5.92 Å². The number of hydrogen-bond acceptors (Lipinski definition) is 3. The summed E-state index contributed by atoms with van der Waals surface area (Å²) in [6.07, 6.45) is 5.80. The van der Waals surface area contributed by atoms with Crippen LogP contribution in [0.1, 0.15) is 31.2 Å². The fourth-order valence-corrected chi connectivity index (χ4v) is 2.59. The van der Waals surface area contributed by atoms with Crippen molar-refractivity contribution in [3.8, 4) is 0 Å². The largest absolute Gasteiger partial charge is 0.481 e. The quantitative estimate of drug-likeness (QED) is 0.860. The fourth-order valence-electron chi connectivity index (χ4n) is 2.59. The topological polar surface area (TPSA) is 62.2 Å². The average Bonchev–Trinajstić information content (AvgIpc) is 2.38. The number of aliphatic carboxylic acids is 1. The zero-order chi connectivity index (χ0) is 13.0. The van der Waals surface area contributed by atoms with Crippen LogP contribution in [0.3, 0.4) is 0 Å². The van der Waals surface area contributed by atoms with Crippen molar-refractivity contribution in [1.82, 2.24) is 4.98 Å². The number of rotatable bonds is 4. The Labute approximate surface area is 107 Å². The molecule has 0 spiro atoms. The molecule has 1 heterocycles. The minimum Gasteiger partial charge on any atom is -0.481 e. The van der Waals surface area contributed by atoms with Crippen molar-refractivity contribution in [3.63, 3.8) is 0 Å². The molecular weight excluding hydrogens is 228 g/mol. The van der Waals surface area contributed by atoms with Gasteiger partial charge in [-0.2, -0.15) is 0 Å². The molecule has 98 valence electrons. The summed E-state index contributed by atoms with van der Waals surface area (Å²) in [5.41, 5.74) is 1.13. The molecule has 2 unspecified atom stereocenters. The van der Waals surface area contributed by atoms with E-state index in [0.29, 0.717) is 6.54 Å². The smallest absolute Gasteiger partial charge is 0.306 e. The molecule has 0 saturated heterocycles. The number of hydrogen-bond donors (Lipinski definition) is 2. The van der Waals surface area contributed by atoms with Crippen LogP contribution in [0.2, 0.25) is 0 Å². The molecule has 0 bridgehead atoms. The molecule has 1 aliphatic rings. The number of aryl methyl sites for hydroxylation is 1. The first-order valence-electron chi connectivity index (χ1n) is 6.56. The highest BCUT2D eigenvalue weighted by molar-refractivity contribution is 5.70. The SMILES string of the molecule is Cc1ccc(NCC2CCCCC2C(=O)O)nc1. The second-order valence-corrected chi connectivity index (χ2v) is 5.09. The van der Waals surface area contributed by atoms with Gasteiger partial charge in [0.2, 0.25) is 0 Å². The van der Waals surface area contributed by atoms with Crippen molar-refractivity contribution >= 4 is 11.8 Å². The van der Waals surface area contributed by atoms with E-state index in [1.165, 1.54) is 0 Å². The molecule has 4 nitrogen and oxygen atoms in total. The van der Waals surface area contributed by atoms with Gasteiger partial charge < -0.3 is 10.4 Å². The number of pyridine rings is 1. The molecule has 1 saturated carbocycles. The summed E-state index contributed by atoms with van der Waals surface area (Å²) < 4.78 is 0. The van der Waals surface area contributed by atoms with E-state index < -0.39 is 5.97 Å². The lowest BCUT2D eigenvalue weighted by Gasteiger charge is -2.28. The van der Waals surface area contributed by atoms with Gasteiger partial charge in [-0.05, 0) is 37.3 Å². The molecule has 18 heavy (non-hydrogen) atoms. The Hall–Kier alpha value is -1.58. The van der Waals surface area contributed by atoms with Crippen LogP contribution >= 0.6 is 0 Å². The molecule has 1 fully saturated rings. The molecule has 1 aliphatic carbocycles. The van der Waals surface area contributed by atoms with Gasteiger partial charge in [-0.3, -0.25) is 4.79 Å². The molecule has 2 rings (SSSR count). The number of carboxylic acids is 1. The van der Waals surface area contributed by atoms with Gasteiger partial charge in [-0.1, -0.05) is 18.9 Å². The Kier molecular flexibility index (Phi) is 4.18. The zero-order valence-corrected chi connectivity index (χ0v) is 10.7. The van der Waals surface area contributed by atoms with Crippen molar-refractivity contribution < 1.29 is 9.90 Å². The lowest BCUT2D eigenvalue weighted by molar-refractivity contribution is -0.144. The molecule has 0 amide bonds. The molecule has 0 aliphatic heterocycles. The van der Waals surface area contributed by atoms with Gasteiger partial charge in [0, 0.05) is 12.7 Å². The van der Waals surface area contributed by atoms with Crippen LogP contribution in [0, 0.1) is 18.8 Å². The second kappa shape index (κ2) is 5.85. The molecule has 0 aromatic carbocycles. The van der Waals surface area contributed by atoms with Gasteiger partial charge in [-0.25, -0.2) is 4.98 Å². The van der Waals surface area contributed by atoms with E-state index in [4.69, 9.17) is 0 Å². The highest BCUT2D eigenvalue weighted by atomic mass is 16.4. The van der Waals surface area contributed by atoms with E-state index in [2.05, 4.69) is 10.3 Å². The van der Waals surface area contributed by atoms with Crippen LogP contribution in [0.5, 0.6) is 0 Å². The standard InChI is InChI=1S/C14H20N2O2/c1-10-6-7-13(15-8-10)16-9-11-4-2-3-5-12(11)14(17)18/h6-8,11-12H,2-5,9H2,1H3,(H,15,16)(H,17,18). The van der Waals surface area contributed by atoms with Crippen LogP contribution in [-0.4, -0.2) is 22.6 Å². The van der Waals surface area contributed by atoms with E-state index in [1.807, 2.05) is 25.3 Å². The average molecular weight is 248 g/mol. The lowest BCUT2D eigenvalue weighted by atomic mass is 9.79. The van der Waals surface area contributed by atoms with Crippen LogP contribution in [-0.2, 0) is 4.79 Å². The normalized spacial score (nSPS) is 23.6. The van der Waals surface area contributed by atoms with Crippen molar-refractivity contribution in [2.24, 2.45) is 11.8 Å². The summed E-state index contributed by atoms with van der Waals surface area (Å²) in [5, 5.41) is 12.5. The Morgan fingerprint density at radius 2 is 2.22 bits per heavy atom. The van der Waals surface area contributed by atoms with E-state index in [9.17, 15) is 9.90 Å². The lowest BCUT2D eigenvalue weighted by Crippen LogP contribution is -2.31. The summed E-state index contributed by atoms with van der Waals surface area (Å²) in [7, 11) is 0. The third kappa shape index (κ3) is 3.22. The minimum absolute atomic E-state index is 0.198.